The van der Waals surface area contributed by atoms with Crippen LogP contribution in [-0.2, 0) is 20.4 Å². The average Bonchev–Trinajstić information content (AvgIpc) is 3.39. The zero-order valence-corrected chi connectivity index (χ0v) is 31.8. The van der Waals surface area contributed by atoms with Crippen molar-refractivity contribution >= 4 is 75.4 Å². The molecule has 0 aliphatic heterocycles. The Balaban J connectivity index is 1.48. The number of aromatic nitrogens is 2. The molecule has 49 heavy (non-hydrogen) atoms. The molecule has 0 spiro atoms. The third kappa shape index (κ3) is 8.84. The lowest BCUT2D eigenvalue weighted by molar-refractivity contribution is -0.117. The highest BCUT2D eigenvalue weighted by molar-refractivity contribution is 6.40. The predicted octanol–water partition coefficient (Wildman–Crippen LogP) is 10.6. The van der Waals surface area contributed by atoms with Gasteiger partial charge in [0.1, 0.15) is 17.3 Å². The van der Waals surface area contributed by atoms with Gasteiger partial charge in [0, 0.05) is 35.7 Å². The minimum atomic E-state index is -0.527. The Labute approximate surface area is 307 Å². The number of H-pyrrole nitrogens is 1. The van der Waals surface area contributed by atoms with Gasteiger partial charge in [-0.3, -0.25) is 24.4 Å². The van der Waals surface area contributed by atoms with E-state index in [-0.39, 0.29) is 55.4 Å². The highest BCUT2D eigenvalue weighted by atomic mass is 35.5. The third-order valence-corrected chi connectivity index (χ3v) is 10.1. The van der Waals surface area contributed by atoms with Crippen molar-refractivity contribution in [3.8, 4) is 11.4 Å². The van der Waals surface area contributed by atoms with Crippen molar-refractivity contribution in [3.63, 3.8) is 0 Å². The zero-order valence-electron chi connectivity index (χ0n) is 28.8. The highest BCUT2D eigenvalue weighted by Gasteiger charge is 2.27. The number of rotatable bonds is 13. The van der Waals surface area contributed by atoms with E-state index < -0.39 is 11.5 Å². The van der Waals surface area contributed by atoms with E-state index in [1.54, 1.807) is 18.2 Å². The molecule has 1 aromatic heterocycles. The Morgan fingerprint density at radius 2 is 1.53 bits per heavy atom. The van der Waals surface area contributed by atoms with Gasteiger partial charge < -0.3 is 10.1 Å². The summed E-state index contributed by atoms with van der Waals surface area (Å²) < 4.78 is 7.35. The van der Waals surface area contributed by atoms with Gasteiger partial charge in [0.2, 0.25) is 11.8 Å². The predicted molar refractivity (Wildman–Crippen MR) is 202 cm³/mol. The van der Waals surface area contributed by atoms with E-state index in [1.165, 1.54) is 41.1 Å². The molecular formula is C37H42Cl4N4O4. The molecule has 0 saturated carbocycles. The first kappa shape index (κ1) is 38.4. The van der Waals surface area contributed by atoms with Crippen LogP contribution in [0.5, 0.6) is 5.75 Å². The number of carbonyl (C=O) groups is 2. The van der Waals surface area contributed by atoms with Crippen LogP contribution in [-0.4, -0.2) is 28.2 Å². The summed E-state index contributed by atoms with van der Waals surface area (Å²) in [6.07, 6.45) is 2.68. The lowest BCUT2D eigenvalue weighted by Gasteiger charge is -2.30. The van der Waals surface area contributed by atoms with Crippen molar-refractivity contribution in [2.24, 2.45) is 0 Å². The molecule has 2 amide bonds. The fourth-order valence-electron chi connectivity index (χ4n) is 5.28. The Bertz CT molecular complexity index is 1890. The van der Waals surface area contributed by atoms with E-state index in [4.69, 9.17) is 51.1 Å². The number of anilines is 3. The van der Waals surface area contributed by atoms with E-state index in [0.29, 0.717) is 23.7 Å². The second kappa shape index (κ2) is 15.6. The van der Waals surface area contributed by atoms with Crippen molar-refractivity contribution < 1.29 is 14.3 Å². The maximum absolute atomic E-state index is 13.0. The third-order valence-electron chi connectivity index (χ3n) is 9.00. The molecule has 0 atom stereocenters. The minimum Gasteiger partial charge on any atom is -0.493 e. The van der Waals surface area contributed by atoms with Gasteiger partial charge in [0.15, 0.2) is 0 Å². The standard InChI is InChI=1S/C37H42Cl4N4O4/c1-8-36(4,5)23-12-15-31(26(17-23)37(6,7)9-2)49-16-10-11-33(47)42-25-13-14-27(39)30(20-25)44(22(3)46)32-21-34(48)45(43-32)35-28(40)18-24(38)19-29(35)41/h12-15,17-21,43H,8-11,16H2,1-7H3,(H,42,47). The number of halogens is 4. The summed E-state index contributed by atoms with van der Waals surface area (Å²) in [5.41, 5.74) is 2.74. The first-order valence-electron chi connectivity index (χ1n) is 16.1. The Morgan fingerprint density at radius 1 is 0.878 bits per heavy atom. The Kier molecular flexibility index (Phi) is 12.2. The van der Waals surface area contributed by atoms with Crippen LogP contribution >= 0.6 is 46.4 Å². The fourth-order valence-corrected chi connectivity index (χ4v) is 6.47. The van der Waals surface area contributed by atoms with Crippen LogP contribution < -0.4 is 20.5 Å². The zero-order chi connectivity index (χ0) is 36.3. The van der Waals surface area contributed by atoms with E-state index in [2.05, 4.69) is 70.2 Å². The normalized spacial score (nSPS) is 11.8. The summed E-state index contributed by atoms with van der Waals surface area (Å²) in [5.74, 6) is 0.272. The molecule has 0 radical (unpaired) electrons. The molecular weight excluding hydrogens is 706 g/mol. The lowest BCUT2D eigenvalue weighted by atomic mass is 9.76. The number of nitrogens with zero attached hydrogens (tertiary/aromatic N) is 2. The monoisotopic (exact) mass is 746 g/mol. The van der Waals surface area contributed by atoms with Crippen LogP contribution in [0, 0.1) is 0 Å². The maximum Gasteiger partial charge on any atom is 0.273 e. The van der Waals surface area contributed by atoms with Crippen LogP contribution in [0.1, 0.15) is 85.3 Å². The van der Waals surface area contributed by atoms with Crippen LogP contribution in [0.3, 0.4) is 0 Å². The number of carbonyl (C=O) groups excluding carboxylic acids is 2. The summed E-state index contributed by atoms with van der Waals surface area (Å²) in [4.78, 5) is 40.1. The largest absolute Gasteiger partial charge is 0.493 e. The van der Waals surface area contributed by atoms with E-state index in [1.807, 2.05) is 0 Å². The molecule has 1 heterocycles. The second-order valence-corrected chi connectivity index (χ2v) is 14.9. The molecule has 0 bridgehead atoms. The van der Waals surface area contributed by atoms with E-state index in [0.717, 1.165) is 23.3 Å². The van der Waals surface area contributed by atoms with Crippen molar-refractivity contribution in [2.75, 3.05) is 16.8 Å². The smallest absolute Gasteiger partial charge is 0.273 e. The second-order valence-electron chi connectivity index (χ2n) is 13.2. The van der Waals surface area contributed by atoms with Gasteiger partial charge in [0.05, 0.1) is 27.4 Å². The van der Waals surface area contributed by atoms with Crippen LogP contribution in [0.4, 0.5) is 17.2 Å². The van der Waals surface area contributed by atoms with Gasteiger partial charge in [0.25, 0.3) is 5.56 Å². The Morgan fingerprint density at radius 3 is 2.14 bits per heavy atom. The number of hydrogen-bond donors (Lipinski definition) is 2. The Hall–Kier alpha value is -3.43. The van der Waals surface area contributed by atoms with Gasteiger partial charge in [-0.05, 0) is 72.1 Å². The average molecular weight is 749 g/mol. The van der Waals surface area contributed by atoms with Gasteiger partial charge in [-0.1, -0.05) is 100 Å². The molecule has 0 aliphatic carbocycles. The van der Waals surface area contributed by atoms with Gasteiger partial charge in [-0.2, -0.15) is 0 Å². The number of nitrogens with one attached hydrogen (secondary N) is 2. The van der Waals surface area contributed by atoms with Crippen LogP contribution in [0.2, 0.25) is 20.1 Å². The first-order chi connectivity index (χ1) is 23.0. The SMILES string of the molecule is CCC(C)(C)c1ccc(OCCCC(=O)Nc2ccc(Cl)c(N(C(C)=O)c3cc(=O)n(-c4c(Cl)cc(Cl)cc4Cl)[nH]3)c2)c(C(C)(C)CC)c1. The minimum absolute atomic E-state index is 0.0561. The quantitative estimate of drug-likeness (QED) is 0.133. The molecule has 4 rings (SSSR count). The summed E-state index contributed by atoms with van der Waals surface area (Å²) >= 11 is 25.2. The van der Waals surface area contributed by atoms with Crippen LogP contribution in [0.15, 0.2) is 59.4 Å². The van der Waals surface area contributed by atoms with Crippen LogP contribution in [0.25, 0.3) is 5.69 Å². The van der Waals surface area contributed by atoms with Crippen molar-refractivity contribution in [3.05, 3.63) is 96.2 Å². The molecule has 2 N–H and O–H groups in total. The highest BCUT2D eigenvalue weighted by Crippen LogP contribution is 2.39. The number of amides is 2. The lowest BCUT2D eigenvalue weighted by Crippen LogP contribution is -2.24. The molecule has 4 aromatic rings. The molecule has 12 heteroatoms. The summed E-state index contributed by atoms with van der Waals surface area (Å²) in [7, 11) is 0. The number of benzene rings is 3. The number of ether oxygens (including phenoxy) is 1. The first-order valence-corrected chi connectivity index (χ1v) is 17.6. The number of hydrogen-bond acceptors (Lipinski definition) is 4. The van der Waals surface area contributed by atoms with Crippen molar-refractivity contribution in [1.29, 1.82) is 0 Å². The maximum atomic E-state index is 13.0. The molecule has 0 saturated heterocycles. The molecule has 0 unspecified atom stereocenters. The summed E-state index contributed by atoms with van der Waals surface area (Å²) in [6, 6.07) is 15.3. The van der Waals surface area contributed by atoms with E-state index >= 15 is 0 Å². The molecule has 262 valence electrons. The molecule has 0 aliphatic rings. The topological polar surface area (TPSA) is 96.4 Å². The van der Waals surface area contributed by atoms with Crippen molar-refractivity contribution in [1.82, 2.24) is 9.78 Å². The van der Waals surface area contributed by atoms with Gasteiger partial charge >= 0.3 is 0 Å². The summed E-state index contributed by atoms with van der Waals surface area (Å²) in [6.45, 7) is 15.0. The van der Waals surface area contributed by atoms with Gasteiger partial charge in [-0.25, -0.2) is 4.68 Å². The van der Waals surface area contributed by atoms with Crippen molar-refractivity contribution in [2.45, 2.75) is 85.0 Å². The molecule has 8 nitrogen and oxygen atoms in total. The summed E-state index contributed by atoms with van der Waals surface area (Å²) in [5, 5.41) is 6.54. The van der Waals surface area contributed by atoms with E-state index in [9.17, 15) is 14.4 Å². The van der Waals surface area contributed by atoms with Gasteiger partial charge in [-0.15, -0.1) is 0 Å². The number of aromatic amines is 1. The fraction of sp³-hybridized carbons (Fsp3) is 0.378. The molecule has 3 aromatic carbocycles. The molecule has 0 fully saturated rings.